The summed E-state index contributed by atoms with van der Waals surface area (Å²) in [6, 6.07) is 10.2. The van der Waals surface area contributed by atoms with Crippen LogP contribution in [-0.2, 0) is 10.0 Å². The Kier molecular flexibility index (Phi) is 5.80. The molecule has 2 aromatic carbocycles. The van der Waals surface area contributed by atoms with Crippen molar-refractivity contribution < 1.29 is 17.7 Å². The van der Waals surface area contributed by atoms with Crippen molar-refractivity contribution in [1.29, 1.82) is 0 Å². The molecule has 150 valence electrons. The van der Waals surface area contributed by atoms with E-state index in [2.05, 4.69) is 9.62 Å². The van der Waals surface area contributed by atoms with Crippen molar-refractivity contribution >= 4 is 27.1 Å². The van der Waals surface area contributed by atoms with Crippen LogP contribution in [0.4, 0.5) is 21.5 Å². The van der Waals surface area contributed by atoms with Crippen molar-refractivity contribution in [1.82, 2.24) is 4.72 Å². The van der Waals surface area contributed by atoms with Crippen LogP contribution in [0.2, 0.25) is 0 Å². The Bertz CT molecular complexity index is 966. The van der Waals surface area contributed by atoms with Gasteiger partial charge in [0.25, 0.3) is 5.69 Å². The Hall–Kier alpha value is -2.72. The molecule has 1 saturated heterocycles. The van der Waals surface area contributed by atoms with Crippen molar-refractivity contribution in [2.45, 2.75) is 11.3 Å². The summed E-state index contributed by atoms with van der Waals surface area (Å²) in [6.45, 7) is 2.47. The molecule has 8 nitrogen and oxygen atoms in total. The number of sulfonamides is 1. The molecule has 1 aliphatic heterocycles. The quantitative estimate of drug-likeness (QED) is 0.603. The topological polar surface area (TPSA) is 95.8 Å². The number of rotatable bonds is 5. The number of nitro benzene ring substituents is 1. The molecule has 0 amide bonds. The third-order valence-electron chi connectivity index (χ3n) is 4.75. The molecule has 0 aliphatic carbocycles. The molecule has 0 unspecified atom stereocenters. The fourth-order valence-electron chi connectivity index (χ4n) is 3.27. The molecule has 1 aliphatic rings. The van der Waals surface area contributed by atoms with Gasteiger partial charge < -0.3 is 9.80 Å². The molecule has 0 bridgehead atoms. The van der Waals surface area contributed by atoms with E-state index in [0.717, 1.165) is 24.7 Å². The Labute approximate surface area is 162 Å². The monoisotopic (exact) mass is 408 g/mol. The zero-order valence-electron chi connectivity index (χ0n) is 15.3. The number of hydrogen-bond donors (Lipinski definition) is 1. The molecule has 0 spiro atoms. The SMILES string of the molecule is CNS(=O)(=O)c1ccc(N2CCCN(c3ccc(F)cc3)CC2)c([N+](=O)[O-])c1. The smallest absolute Gasteiger partial charge is 0.293 e. The van der Waals surface area contributed by atoms with Crippen LogP contribution in [-0.4, -0.2) is 46.6 Å². The lowest BCUT2D eigenvalue weighted by Crippen LogP contribution is -2.31. The number of benzene rings is 2. The maximum Gasteiger partial charge on any atom is 0.293 e. The van der Waals surface area contributed by atoms with Crippen LogP contribution in [0.25, 0.3) is 0 Å². The van der Waals surface area contributed by atoms with Gasteiger partial charge in [0, 0.05) is 37.9 Å². The first-order chi connectivity index (χ1) is 13.3. The summed E-state index contributed by atoms with van der Waals surface area (Å²) in [5.74, 6) is -0.299. The van der Waals surface area contributed by atoms with Crippen molar-refractivity contribution in [2.24, 2.45) is 0 Å². The zero-order valence-corrected chi connectivity index (χ0v) is 16.2. The molecular weight excluding hydrogens is 387 g/mol. The second kappa shape index (κ2) is 8.11. The van der Waals surface area contributed by atoms with E-state index in [0.29, 0.717) is 25.3 Å². The number of nitrogens with one attached hydrogen (secondary N) is 1. The van der Waals surface area contributed by atoms with Crippen LogP contribution in [0, 0.1) is 15.9 Å². The summed E-state index contributed by atoms with van der Waals surface area (Å²) in [5, 5.41) is 11.6. The highest BCUT2D eigenvalue weighted by atomic mass is 32.2. The van der Waals surface area contributed by atoms with Crippen LogP contribution in [0.5, 0.6) is 0 Å². The molecule has 0 radical (unpaired) electrons. The molecule has 0 aromatic heterocycles. The van der Waals surface area contributed by atoms with Crippen LogP contribution < -0.4 is 14.5 Å². The number of nitrogens with zero attached hydrogens (tertiary/aromatic N) is 3. The fourth-order valence-corrected chi connectivity index (χ4v) is 4.02. The maximum atomic E-state index is 13.1. The minimum atomic E-state index is -3.77. The molecule has 2 aromatic rings. The van der Waals surface area contributed by atoms with Gasteiger partial charge in [0.15, 0.2) is 0 Å². The Balaban J connectivity index is 1.85. The highest BCUT2D eigenvalue weighted by Crippen LogP contribution is 2.32. The third kappa shape index (κ3) is 4.23. The number of hydrogen-bond acceptors (Lipinski definition) is 6. The molecule has 1 heterocycles. The van der Waals surface area contributed by atoms with Gasteiger partial charge in [-0.1, -0.05) is 0 Å². The Morgan fingerprint density at radius 1 is 1.04 bits per heavy atom. The minimum absolute atomic E-state index is 0.145. The van der Waals surface area contributed by atoms with Crippen LogP contribution >= 0.6 is 0 Å². The van der Waals surface area contributed by atoms with Gasteiger partial charge in [-0.2, -0.15) is 0 Å². The van der Waals surface area contributed by atoms with E-state index in [1.165, 1.54) is 31.3 Å². The van der Waals surface area contributed by atoms with E-state index in [9.17, 15) is 22.9 Å². The number of anilines is 2. The van der Waals surface area contributed by atoms with Crippen LogP contribution in [0.3, 0.4) is 0 Å². The molecule has 0 atom stereocenters. The molecular formula is C18H21FN4O4S. The molecule has 10 heteroatoms. The van der Waals surface area contributed by atoms with Crippen molar-refractivity contribution in [3.63, 3.8) is 0 Å². The van der Waals surface area contributed by atoms with Crippen molar-refractivity contribution in [3.8, 4) is 0 Å². The average molecular weight is 408 g/mol. The zero-order chi connectivity index (χ0) is 20.3. The number of nitro groups is 1. The first-order valence-corrected chi connectivity index (χ1v) is 10.3. The van der Waals surface area contributed by atoms with Gasteiger partial charge >= 0.3 is 0 Å². The molecule has 28 heavy (non-hydrogen) atoms. The Morgan fingerprint density at radius 2 is 1.68 bits per heavy atom. The van der Waals surface area contributed by atoms with E-state index in [-0.39, 0.29) is 16.4 Å². The summed E-state index contributed by atoms with van der Waals surface area (Å²) < 4.78 is 39.2. The first-order valence-electron chi connectivity index (χ1n) is 8.79. The van der Waals surface area contributed by atoms with E-state index in [1.807, 2.05) is 4.90 Å². The summed E-state index contributed by atoms with van der Waals surface area (Å²) >= 11 is 0. The Morgan fingerprint density at radius 3 is 2.32 bits per heavy atom. The lowest BCUT2D eigenvalue weighted by atomic mass is 10.2. The summed E-state index contributed by atoms with van der Waals surface area (Å²) in [7, 11) is -2.51. The second-order valence-corrected chi connectivity index (χ2v) is 8.31. The van der Waals surface area contributed by atoms with E-state index >= 15 is 0 Å². The van der Waals surface area contributed by atoms with Gasteiger partial charge in [-0.25, -0.2) is 17.5 Å². The first kappa shape index (κ1) is 20.0. The largest absolute Gasteiger partial charge is 0.370 e. The molecule has 3 rings (SSSR count). The van der Waals surface area contributed by atoms with Gasteiger partial charge in [0.05, 0.1) is 9.82 Å². The normalized spacial score (nSPS) is 15.4. The highest BCUT2D eigenvalue weighted by molar-refractivity contribution is 7.89. The predicted molar refractivity (Wildman–Crippen MR) is 105 cm³/mol. The molecule has 1 fully saturated rings. The summed E-state index contributed by atoms with van der Waals surface area (Å²) in [6.07, 6.45) is 0.755. The predicted octanol–water partition coefficient (Wildman–Crippen LogP) is 2.36. The highest BCUT2D eigenvalue weighted by Gasteiger charge is 2.25. The van der Waals surface area contributed by atoms with Crippen LogP contribution in [0.15, 0.2) is 47.4 Å². The van der Waals surface area contributed by atoms with Crippen molar-refractivity contribution in [3.05, 3.63) is 58.4 Å². The summed E-state index contributed by atoms with van der Waals surface area (Å²) in [4.78, 5) is 14.8. The lowest BCUT2D eigenvalue weighted by molar-refractivity contribution is -0.384. The van der Waals surface area contributed by atoms with Crippen LogP contribution in [0.1, 0.15) is 6.42 Å². The second-order valence-electron chi connectivity index (χ2n) is 6.42. The standard InChI is InChI=1S/C18H21FN4O4S/c1-20-28(26,27)16-7-8-17(18(13-16)23(24)25)22-10-2-9-21(11-12-22)15-5-3-14(19)4-6-15/h3-8,13,20H,2,9-12H2,1H3. The van der Waals surface area contributed by atoms with Gasteiger partial charge in [0.2, 0.25) is 10.0 Å². The van der Waals surface area contributed by atoms with E-state index in [1.54, 1.807) is 12.1 Å². The minimum Gasteiger partial charge on any atom is -0.370 e. The van der Waals surface area contributed by atoms with Gasteiger partial charge in [-0.3, -0.25) is 10.1 Å². The third-order valence-corrected chi connectivity index (χ3v) is 6.16. The molecule has 1 N–H and O–H groups in total. The maximum absolute atomic E-state index is 13.1. The van der Waals surface area contributed by atoms with Gasteiger partial charge in [0.1, 0.15) is 11.5 Å². The van der Waals surface area contributed by atoms with E-state index in [4.69, 9.17) is 0 Å². The lowest BCUT2D eigenvalue weighted by Gasteiger charge is -2.24. The summed E-state index contributed by atoms with van der Waals surface area (Å²) in [5.41, 5.74) is 1.04. The molecule has 0 saturated carbocycles. The number of halogens is 1. The van der Waals surface area contributed by atoms with Crippen molar-refractivity contribution in [2.75, 3.05) is 43.0 Å². The van der Waals surface area contributed by atoms with Gasteiger partial charge in [-0.05, 0) is 49.9 Å². The van der Waals surface area contributed by atoms with Gasteiger partial charge in [-0.15, -0.1) is 0 Å². The average Bonchev–Trinajstić information content (AvgIpc) is 2.94. The van der Waals surface area contributed by atoms with E-state index < -0.39 is 14.9 Å². The fraction of sp³-hybridized carbons (Fsp3) is 0.333.